The van der Waals surface area contributed by atoms with Crippen molar-refractivity contribution in [2.24, 2.45) is 0 Å². The maximum absolute atomic E-state index is 15.9. The lowest BCUT2D eigenvalue weighted by Gasteiger charge is -2.25. The normalized spacial score (nSPS) is 25.6. The van der Waals surface area contributed by atoms with Crippen molar-refractivity contribution in [3.05, 3.63) is 42.5 Å². The number of alkyl halides is 1. The van der Waals surface area contributed by atoms with E-state index in [4.69, 9.17) is 13.8 Å². The van der Waals surface area contributed by atoms with E-state index >= 15 is 4.39 Å². The summed E-state index contributed by atoms with van der Waals surface area (Å²) in [6.45, 7) is 3.74. The molecule has 13 nitrogen and oxygen atoms in total. The minimum atomic E-state index is -4.23. The molecule has 0 bridgehead atoms. The molecule has 0 amide bonds. The van der Waals surface area contributed by atoms with Crippen molar-refractivity contribution >= 4 is 30.7 Å². The van der Waals surface area contributed by atoms with Gasteiger partial charge >= 0.3 is 13.7 Å². The SMILES string of the molecule is CNc1nc(C)nc2c1ncn2[C@@H]1O[C@H](CO[P@@](=O)(N[C@H](C)C(=O)OC)Oc2ccccc2)[C@@H](O)[C@@]1(C)F. The number of aromatic nitrogens is 4. The van der Waals surface area contributed by atoms with Crippen molar-refractivity contribution in [1.29, 1.82) is 0 Å². The second kappa shape index (κ2) is 10.9. The average Bonchev–Trinajstić information content (AvgIpc) is 3.39. The minimum absolute atomic E-state index is 0.196. The van der Waals surface area contributed by atoms with Gasteiger partial charge < -0.3 is 24.4 Å². The number of methoxy groups -OCH3 is 1. The van der Waals surface area contributed by atoms with Crippen LogP contribution in [-0.4, -0.2) is 75.3 Å². The first-order valence-corrected chi connectivity index (χ1v) is 13.3. The Bertz CT molecular complexity index is 1340. The number of nitrogens with zero attached hydrogens (tertiary/aromatic N) is 4. The average molecular weight is 553 g/mol. The smallest absolute Gasteiger partial charge is 0.459 e. The third kappa shape index (κ3) is 5.49. The van der Waals surface area contributed by atoms with Crippen LogP contribution in [0.5, 0.6) is 5.75 Å². The van der Waals surface area contributed by atoms with Gasteiger partial charge in [0.05, 0.1) is 20.0 Å². The van der Waals surface area contributed by atoms with E-state index in [1.807, 2.05) is 0 Å². The van der Waals surface area contributed by atoms with Crippen LogP contribution < -0.4 is 14.9 Å². The molecule has 6 atom stereocenters. The van der Waals surface area contributed by atoms with Gasteiger partial charge in [-0.1, -0.05) is 18.2 Å². The lowest BCUT2D eigenvalue weighted by Crippen LogP contribution is -2.41. The Labute approximate surface area is 218 Å². The first-order valence-electron chi connectivity index (χ1n) is 11.7. The van der Waals surface area contributed by atoms with Gasteiger partial charge in [0.1, 0.15) is 29.8 Å². The molecule has 206 valence electrons. The van der Waals surface area contributed by atoms with E-state index in [1.54, 1.807) is 44.3 Å². The number of ether oxygens (including phenoxy) is 2. The van der Waals surface area contributed by atoms with Crippen LogP contribution in [0.3, 0.4) is 0 Å². The minimum Gasteiger partial charge on any atom is -0.468 e. The van der Waals surface area contributed by atoms with Gasteiger partial charge in [-0.15, -0.1) is 0 Å². The molecule has 0 spiro atoms. The van der Waals surface area contributed by atoms with Crippen LogP contribution in [0.25, 0.3) is 11.2 Å². The van der Waals surface area contributed by atoms with Gasteiger partial charge in [0, 0.05) is 7.05 Å². The summed E-state index contributed by atoms with van der Waals surface area (Å²) in [5.74, 6) is 0.369. The van der Waals surface area contributed by atoms with Crippen LogP contribution in [0.2, 0.25) is 0 Å². The van der Waals surface area contributed by atoms with Crippen molar-refractivity contribution in [2.75, 3.05) is 26.1 Å². The van der Waals surface area contributed by atoms with Crippen LogP contribution in [0.15, 0.2) is 36.7 Å². The van der Waals surface area contributed by atoms with Crippen molar-refractivity contribution in [3.63, 3.8) is 0 Å². The second-order valence-electron chi connectivity index (χ2n) is 8.89. The Morgan fingerprint density at radius 1 is 1.34 bits per heavy atom. The lowest BCUT2D eigenvalue weighted by molar-refractivity contribution is -0.142. The standard InChI is InChI=1S/C23H30FN6O7P/c1-13(21(32)34-5)29-38(33,37-15-9-7-6-8-10-15)35-11-16-18(31)23(3,24)22(36-16)30-12-26-17-19(25-4)27-14(2)28-20(17)30/h6-10,12-13,16,18,22,31H,11H2,1-5H3,(H,29,33)(H,25,27,28)/t13-,16-,18-,22-,23-,38+/m1/s1. The predicted molar refractivity (Wildman–Crippen MR) is 134 cm³/mol. The molecule has 3 aromatic rings. The third-order valence-electron chi connectivity index (χ3n) is 6.02. The first kappa shape index (κ1) is 27.9. The summed E-state index contributed by atoms with van der Waals surface area (Å²) in [4.78, 5) is 24.9. The van der Waals surface area contributed by atoms with Crippen LogP contribution >= 0.6 is 7.75 Å². The highest BCUT2D eigenvalue weighted by atomic mass is 31.2. The third-order valence-corrected chi connectivity index (χ3v) is 7.67. The van der Waals surface area contributed by atoms with E-state index in [9.17, 15) is 14.5 Å². The molecule has 3 heterocycles. The zero-order chi connectivity index (χ0) is 27.7. The summed E-state index contributed by atoms with van der Waals surface area (Å²) in [5.41, 5.74) is -1.61. The van der Waals surface area contributed by atoms with E-state index in [2.05, 4.69) is 30.1 Å². The van der Waals surface area contributed by atoms with E-state index in [-0.39, 0.29) is 5.75 Å². The number of carbonyl (C=O) groups is 1. The maximum Gasteiger partial charge on any atom is 0.459 e. The molecular formula is C23H30FN6O7P. The Hall–Kier alpha value is -3.16. The van der Waals surface area contributed by atoms with Crippen molar-refractivity contribution < 1.29 is 37.4 Å². The summed E-state index contributed by atoms with van der Waals surface area (Å²) < 4.78 is 52.5. The lowest BCUT2D eigenvalue weighted by atomic mass is 9.98. The zero-order valence-electron chi connectivity index (χ0n) is 21.5. The number of imidazole rings is 1. The quantitative estimate of drug-likeness (QED) is 0.250. The van der Waals surface area contributed by atoms with Gasteiger partial charge in [-0.3, -0.25) is 13.9 Å². The molecule has 3 N–H and O–H groups in total. The Morgan fingerprint density at radius 2 is 2.05 bits per heavy atom. The van der Waals surface area contributed by atoms with Gasteiger partial charge in [0.15, 0.2) is 28.9 Å². The number of hydrogen-bond donors (Lipinski definition) is 3. The number of benzene rings is 1. The number of fused-ring (bicyclic) bond motifs is 1. The van der Waals surface area contributed by atoms with E-state index in [1.165, 1.54) is 31.9 Å². The molecule has 1 aliphatic heterocycles. The van der Waals surface area contributed by atoms with Gasteiger partial charge in [-0.25, -0.2) is 23.9 Å². The van der Waals surface area contributed by atoms with Gasteiger partial charge in [0.25, 0.3) is 0 Å². The summed E-state index contributed by atoms with van der Waals surface area (Å²) in [6.07, 6.45) is -2.94. The van der Waals surface area contributed by atoms with Crippen molar-refractivity contribution in [1.82, 2.24) is 24.6 Å². The number of rotatable bonds is 10. The molecule has 2 aromatic heterocycles. The predicted octanol–water partition coefficient (Wildman–Crippen LogP) is 2.52. The Balaban J connectivity index is 1.57. The number of halogens is 1. The molecule has 15 heteroatoms. The highest BCUT2D eigenvalue weighted by molar-refractivity contribution is 7.52. The number of carbonyl (C=O) groups excluding carboxylic acids is 1. The number of aliphatic hydroxyl groups is 1. The van der Waals surface area contributed by atoms with Gasteiger partial charge in [-0.05, 0) is 32.9 Å². The van der Waals surface area contributed by atoms with E-state index in [0.29, 0.717) is 22.8 Å². The van der Waals surface area contributed by atoms with Crippen molar-refractivity contribution in [3.8, 4) is 5.75 Å². The number of aliphatic hydroxyl groups excluding tert-OH is 1. The van der Waals surface area contributed by atoms with Crippen LogP contribution in [0.1, 0.15) is 25.9 Å². The largest absolute Gasteiger partial charge is 0.468 e. The van der Waals surface area contributed by atoms with Crippen LogP contribution in [-0.2, 0) is 23.4 Å². The Kier molecular flexibility index (Phi) is 8.00. The Morgan fingerprint density at radius 3 is 2.71 bits per heavy atom. The molecule has 0 radical (unpaired) electrons. The molecular weight excluding hydrogens is 522 g/mol. The monoisotopic (exact) mass is 552 g/mol. The number of esters is 1. The molecule has 38 heavy (non-hydrogen) atoms. The summed E-state index contributed by atoms with van der Waals surface area (Å²) in [5, 5.41) is 16.2. The molecule has 1 fully saturated rings. The number of hydrogen-bond acceptors (Lipinski definition) is 11. The molecule has 1 aromatic carbocycles. The summed E-state index contributed by atoms with van der Waals surface area (Å²) in [7, 11) is -1.38. The van der Waals surface area contributed by atoms with Crippen molar-refractivity contribution in [2.45, 2.75) is 50.9 Å². The fraction of sp³-hybridized carbons (Fsp3) is 0.478. The second-order valence-corrected chi connectivity index (χ2v) is 10.6. The summed E-state index contributed by atoms with van der Waals surface area (Å²) in [6, 6.07) is 7.08. The number of aryl methyl sites for hydroxylation is 1. The fourth-order valence-electron chi connectivity index (χ4n) is 4.07. The van der Waals surface area contributed by atoms with Gasteiger partial charge in [-0.2, -0.15) is 5.09 Å². The molecule has 1 saturated heterocycles. The number of anilines is 1. The molecule has 1 aliphatic rings. The maximum atomic E-state index is 15.9. The highest BCUT2D eigenvalue weighted by Crippen LogP contribution is 2.48. The number of nitrogens with one attached hydrogen (secondary N) is 2. The highest BCUT2D eigenvalue weighted by Gasteiger charge is 2.56. The molecule has 0 saturated carbocycles. The number of para-hydroxylation sites is 1. The van der Waals surface area contributed by atoms with Gasteiger partial charge in [0.2, 0.25) is 0 Å². The topological polar surface area (TPSA) is 159 Å². The first-order chi connectivity index (χ1) is 18.0. The van der Waals surface area contributed by atoms with Crippen LogP contribution in [0.4, 0.5) is 10.2 Å². The zero-order valence-corrected chi connectivity index (χ0v) is 22.4. The summed E-state index contributed by atoms with van der Waals surface area (Å²) >= 11 is 0. The molecule has 4 rings (SSSR count). The molecule has 0 unspecified atom stereocenters. The van der Waals surface area contributed by atoms with Crippen LogP contribution in [0, 0.1) is 6.92 Å². The van der Waals surface area contributed by atoms with E-state index < -0.39 is 50.5 Å². The molecule has 0 aliphatic carbocycles. The fourth-order valence-corrected chi connectivity index (χ4v) is 5.57. The van der Waals surface area contributed by atoms with E-state index in [0.717, 1.165) is 0 Å².